The van der Waals surface area contributed by atoms with Gasteiger partial charge in [0, 0.05) is 15.7 Å². The average Bonchev–Trinajstić information content (AvgIpc) is 2.55. The van der Waals surface area contributed by atoms with Crippen LogP contribution in [0.2, 0.25) is 0 Å². The van der Waals surface area contributed by atoms with Gasteiger partial charge in [0.25, 0.3) is 0 Å². The molecule has 0 bridgehead atoms. The fourth-order valence-corrected chi connectivity index (χ4v) is 2.29. The molecule has 0 aliphatic heterocycles. The topological polar surface area (TPSA) is 75.3 Å². The highest BCUT2D eigenvalue weighted by molar-refractivity contribution is 9.10. The summed E-state index contributed by atoms with van der Waals surface area (Å²) in [7, 11) is 0. The molecule has 0 saturated heterocycles. The Hall–Kier alpha value is -2.47. The number of carbonyl (C=O) groups is 3. The average molecular weight is 389 g/mol. The Kier molecular flexibility index (Phi) is 6.26. The number of amides is 2. The summed E-state index contributed by atoms with van der Waals surface area (Å²) in [5.74, 6) is -0.581. The molecule has 0 aliphatic rings. The van der Waals surface area contributed by atoms with E-state index in [9.17, 15) is 14.4 Å². The third-order valence-electron chi connectivity index (χ3n) is 3.30. The van der Waals surface area contributed by atoms with Gasteiger partial charge in [-0.2, -0.15) is 0 Å². The monoisotopic (exact) mass is 388 g/mol. The van der Waals surface area contributed by atoms with Crippen molar-refractivity contribution in [2.45, 2.75) is 13.3 Å². The normalized spacial score (nSPS) is 10.1. The van der Waals surface area contributed by atoms with E-state index in [1.54, 1.807) is 24.3 Å². The van der Waals surface area contributed by atoms with E-state index in [0.717, 1.165) is 10.0 Å². The van der Waals surface area contributed by atoms with E-state index in [1.165, 1.54) is 6.92 Å². The molecule has 2 amide bonds. The first kappa shape index (κ1) is 17.9. The Morgan fingerprint density at radius 1 is 0.917 bits per heavy atom. The van der Waals surface area contributed by atoms with Gasteiger partial charge in [-0.1, -0.05) is 28.1 Å². The molecular formula is C18H17BrN2O3. The summed E-state index contributed by atoms with van der Waals surface area (Å²) in [6, 6.07) is 14.0. The number of rotatable bonds is 6. The lowest BCUT2D eigenvalue weighted by molar-refractivity contribution is -0.123. The molecule has 124 valence electrons. The van der Waals surface area contributed by atoms with Gasteiger partial charge in [-0.3, -0.25) is 14.4 Å². The summed E-state index contributed by atoms with van der Waals surface area (Å²) in [5, 5.41) is 5.24. The van der Waals surface area contributed by atoms with Crippen molar-refractivity contribution in [3.8, 4) is 0 Å². The number of hydrogen-bond donors (Lipinski definition) is 2. The van der Waals surface area contributed by atoms with Crippen LogP contribution in [-0.2, 0) is 16.0 Å². The molecule has 0 aliphatic carbocycles. The van der Waals surface area contributed by atoms with Crippen molar-refractivity contribution in [3.63, 3.8) is 0 Å². The zero-order chi connectivity index (χ0) is 17.5. The van der Waals surface area contributed by atoms with Gasteiger partial charge >= 0.3 is 0 Å². The maximum Gasteiger partial charge on any atom is 0.243 e. The Bertz CT molecular complexity index is 740. The molecule has 0 radical (unpaired) electrons. The third kappa shape index (κ3) is 5.62. The van der Waals surface area contributed by atoms with Crippen LogP contribution >= 0.6 is 15.9 Å². The Morgan fingerprint density at radius 2 is 1.54 bits per heavy atom. The van der Waals surface area contributed by atoms with Gasteiger partial charge in [-0.25, -0.2) is 0 Å². The molecular weight excluding hydrogens is 372 g/mol. The third-order valence-corrected chi connectivity index (χ3v) is 3.83. The van der Waals surface area contributed by atoms with Gasteiger partial charge in [-0.05, 0) is 48.9 Å². The molecule has 2 N–H and O–H groups in total. The molecule has 24 heavy (non-hydrogen) atoms. The van der Waals surface area contributed by atoms with Crippen molar-refractivity contribution >= 4 is 39.2 Å². The minimum atomic E-state index is -0.324. The molecule has 2 rings (SSSR count). The molecule has 0 unspecified atom stereocenters. The number of benzene rings is 2. The van der Waals surface area contributed by atoms with E-state index in [-0.39, 0.29) is 30.6 Å². The number of anilines is 1. The van der Waals surface area contributed by atoms with E-state index in [0.29, 0.717) is 11.3 Å². The molecule has 5 nitrogen and oxygen atoms in total. The maximum atomic E-state index is 11.8. The number of ketones is 1. The summed E-state index contributed by atoms with van der Waals surface area (Å²) in [4.78, 5) is 34.9. The summed E-state index contributed by atoms with van der Waals surface area (Å²) in [6.45, 7) is 1.37. The number of halogens is 1. The van der Waals surface area contributed by atoms with Gasteiger partial charge in [-0.15, -0.1) is 0 Å². The lowest BCUT2D eigenvalue weighted by atomic mass is 10.1. The van der Waals surface area contributed by atoms with Gasteiger partial charge < -0.3 is 10.6 Å². The fourth-order valence-electron chi connectivity index (χ4n) is 2.02. The summed E-state index contributed by atoms with van der Waals surface area (Å²) < 4.78 is 0.946. The zero-order valence-electron chi connectivity index (χ0n) is 13.1. The van der Waals surface area contributed by atoms with Gasteiger partial charge in [0.15, 0.2) is 5.78 Å². The maximum absolute atomic E-state index is 11.8. The molecule has 2 aromatic rings. The van der Waals surface area contributed by atoms with E-state index < -0.39 is 0 Å². The Labute approximate surface area is 148 Å². The van der Waals surface area contributed by atoms with Crippen LogP contribution in [0.25, 0.3) is 0 Å². The first-order valence-corrected chi connectivity index (χ1v) is 8.15. The summed E-state index contributed by atoms with van der Waals surface area (Å²) >= 11 is 3.33. The largest absolute Gasteiger partial charge is 0.347 e. The van der Waals surface area contributed by atoms with Crippen LogP contribution in [0.5, 0.6) is 0 Å². The van der Waals surface area contributed by atoms with E-state index >= 15 is 0 Å². The standard InChI is InChI=1S/C18H17BrN2O3/c1-12(22)14-4-8-16(9-5-14)21-18(24)11-20-17(23)10-13-2-6-15(19)7-3-13/h2-9H,10-11H2,1H3,(H,20,23)(H,21,24). The highest BCUT2D eigenvalue weighted by Gasteiger charge is 2.07. The van der Waals surface area contributed by atoms with Crippen molar-refractivity contribution in [1.29, 1.82) is 0 Å². The first-order chi connectivity index (χ1) is 11.4. The van der Waals surface area contributed by atoms with E-state index in [1.807, 2.05) is 24.3 Å². The van der Waals surface area contributed by atoms with Gasteiger partial charge in [0.2, 0.25) is 11.8 Å². The summed E-state index contributed by atoms with van der Waals surface area (Å²) in [5.41, 5.74) is 2.03. The SMILES string of the molecule is CC(=O)c1ccc(NC(=O)CNC(=O)Cc2ccc(Br)cc2)cc1. The molecule has 0 atom stereocenters. The number of hydrogen-bond acceptors (Lipinski definition) is 3. The molecule has 0 fully saturated rings. The minimum Gasteiger partial charge on any atom is -0.347 e. The molecule has 0 spiro atoms. The highest BCUT2D eigenvalue weighted by atomic mass is 79.9. The van der Waals surface area contributed by atoms with Crippen LogP contribution < -0.4 is 10.6 Å². The minimum absolute atomic E-state index is 0.0342. The smallest absolute Gasteiger partial charge is 0.243 e. The zero-order valence-corrected chi connectivity index (χ0v) is 14.7. The molecule has 2 aromatic carbocycles. The second kappa shape index (κ2) is 8.40. The fraction of sp³-hybridized carbons (Fsp3) is 0.167. The van der Waals surface area contributed by atoms with Crippen LogP contribution in [0.1, 0.15) is 22.8 Å². The van der Waals surface area contributed by atoms with Crippen molar-refractivity contribution in [2.75, 3.05) is 11.9 Å². The molecule has 0 heterocycles. The van der Waals surface area contributed by atoms with Crippen LogP contribution in [0.3, 0.4) is 0 Å². The van der Waals surface area contributed by atoms with Crippen LogP contribution in [0, 0.1) is 0 Å². The van der Waals surface area contributed by atoms with Crippen molar-refractivity contribution in [3.05, 3.63) is 64.1 Å². The van der Waals surface area contributed by atoms with Crippen molar-refractivity contribution in [1.82, 2.24) is 5.32 Å². The molecule has 0 saturated carbocycles. The lowest BCUT2D eigenvalue weighted by Gasteiger charge is -2.07. The van der Waals surface area contributed by atoms with Crippen LogP contribution in [-0.4, -0.2) is 24.1 Å². The van der Waals surface area contributed by atoms with Crippen LogP contribution in [0.4, 0.5) is 5.69 Å². The number of Topliss-reactive ketones (excluding diaryl/α,β-unsaturated/α-hetero) is 1. The predicted octanol–water partition coefficient (Wildman–Crippen LogP) is 2.95. The quantitative estimate of drug-likeness (QED) is 0.746. The first-order valence-electron chi connectivity index (χ1n) is 7.36. The Balaban J connectivity index is 1.78. The highest BCUT2D eigenvalue weighted by Crippen LogP contribution is 2.11. The van der Waals surface area contributed by atoms with E-state index in [4.69, 9.17) is 0 Å². The summed E-state index contributed by atoms with van der Waals surface area (Å²) in [6.07, 6.45) is 0.216. The van der Waals surface area contributed by atoms with Crippen molar-refractivity contribution in [2.24, 2.45) is 0 Å². The van der Waals surface area contributed by atoms with Crippen molar-refractivity contribution < 1.29 is 14.4 Å². The predicted molar refractivity (Wildman–Crippen MR) is 95.9 cm³/mol. The molecule has 0 aromatic heterocycles. The molecule has 6 heteroatoms. The second-order valence-electron chi connectivity index (χ2n) is 5.26. The van der Waals surface area contributed by atoms with Gasteiger partial charge in [0.1, 0.15) is 0 Å². The Morgan fingerprint density at radius 3 is 2.12 bits per heavy atom. The lowest BCUT2D eigenvalue weighted by Crippen LogP contribution is -2.33. The second-order valence-corrected chi connectivity index (χ2v) is 6.18. The van der Waals surface area contributed by atoms with E-state index in [2.05, 4.69) is 26.6 Å². The number of nitrogens with one attached hydrogen (secondary N) is 2. The van der Waals surface area contributed by atoms with Crippen LogP contribution in [0.15, 0.2) is 53.0 Å². The number of carbonyl (C=O) groups excluding carboxylic acids is 3. The van der Waals surface area contributed by atoms with Gasteiger partial charge in [0.05, 0.1) is 13.0 Å².